The lowest BCUT2D eigenvalue weighted by atomic mass is 10.3. The Morgan fingerprint density at radius 2 is 1.94 bits per heavy atom. The van der Waals surface area contributed by atoms with Crippen LogP contribution in [0, 0.1) is 0 Å². The van der Waals surface area contributed by atoms with Gasteiger partial charge >= 0.3 is 0 Å². The van der Waals surface area contributed by atoms with E-state index in [4.69, 9.17) is 5.73 Å². The van der Waals surface area contributed by atoms with Gasteiger partial charge in [-0.1, -0.05) is 0 Å². The molecule has 7 nitrogen and oxygen atoms in total. The van der Waals surface area contributed by atoms with Crippen molar-refractivity contribution in [3.05, 3.63) is 30.9 Å². The van der Waals surface area contributed by atoms with Gasteiger partial charge in [-0.2, -0.15) is 5.10 Å². The van der Waals surface area contributed by atoms with E-state index in [0.717, 1.165) is 10.9 Å². The first-order chi connectivity index (χ1) is 8.31. The van der Waals surface area contributed by atoms with Crippen molar-refractivity contribution in [2.24, 2.45) is 0 Å². The third-order valence-electron chi connectivity index (χ3n) is 2.27. The molecule has 0 aliphatic heterocycles. The average Bonchev–Trinajstić information content (AvgIpc) is 2.76. The van der Waals surface area contributed by atoms with Crippen LogP contribution in [0.1, 0.15) is 0 Å². The summed E-state index contributed by atoms with van der Waals surface area (Å²) in [5, 5.41) is 10.8. The first kappa shape index (κ1) is 9.52. The SMILES string of the molecule is Nc1cc(Nc2cc3[nH]ncc3cn2)ncn1. The van der Waals surface area contributed by atoms with Crippen LogP contribution in [-0.2, 0) is 0 Å². The zero-order valence-electron chi connectivity index (χ0n) is 8.75. The summed E-state index contributed by atoms with van der Waals surface area (Å²) in [6, 6.07) is 3.49. The van der Waals surface area contributed by atoms with Crippen LogP contribution in [-0.4, -0.2) is 25.1 Å². The number of H-pyrrole nitrogens is 1. The summed E-state index contributed by atoms with van der Waals surface area (Å²) in [4.78, 5) is 12.1. The fraction of sp³-hybridized carbons (Fsp3) is 0. The zero-order chi connectivity index (χ0) is 11.7. The Kier molecular flexibility index (Phi) is 2.08. The Morgan fingerprint density at radius 1 is 1.06 bits per heavy atom. The molecule has 0 bridgehead atoms. The molecule has 0 fully saturated rings. The molecule has 3 aromatic heterocycles. The molecule has 0 unspecified atom stereocenters. The second kappa shape index (κ2) is 3.71. The van der Waals surface area contributed by atoms with Crippen molar-refractivity contribution >= 4 is 28.4 Å². The van der Waals surface area contributed by atoms with Crippen LogP contribution in [0.4, 0.5) is 17.5 Å². The van der Waals surface area contributed by atoms with E-state index in [9.17, 15) is 0 Å². The van der Waals surface area contributed by atoms with Crippen molar-refractivity contribution in [1.82, 2.24) is 25.1 Å². The fourth-order valence-electron chi connectivity index (χ4n) is 1.48. The largest absolute Gasteiger partial charge is 0.384 e. The molecular weight excluding hydrogens is 218 g/mol. The van der Waals surface area contributed by atoms with Gasteiger partial charge in [0.25, 0.3) is 0 Å². The fourth-order valence-corrected chi connectivity index (χ4v) is 1.48. The summed E-state index contributed by atoms with van der Waals surface area (Å²) >= 11 is 0. The highest BCUT2D eigenvalue weighted by molar-refractivity contribution is 5.80. The topological polar surface area (TPSA) is 105 Å². The number of nitrogens with two attached hydrogens (primary N) is 1. The summed E-state index contributed by atoms with van der Waals surface area (Å²) in [5.41, 5.74) is 6.47. The van der Waals surface area contributed by atoms with E-state index in [1.165, 1.54) is 6.33 Å². The van der Waals surface area contributed by atoms with Gasteiger partial charge in [-0.05, 0) is 0 Å². The number of hydrogen-bond acceptors (Lipinski definition) is 6. The van der Waals surface area contributed by atoms with Crippen LogP contribution in [0.3, 0.4) is 0 Å². The summed E-state index contributed by atoms with van der Waals surface area (Å²) in [5.74, 6) is 1.67. The van der Waals surface area contributed by atoms with Crippen molar-refractivity contribution in [2.75, 3.05) is 11.1 Å². The number of fused-ring (bicyclic) bond motifs is 1. The maximum absolute atomic E-state index is 5.56. The van der Waals surface area contributed by atoms with E-state index >= 15 is 0 Å². The van der Waals surface area contributed by atoms with Gasteiger partial charge in [0, 0.05) is 23.7 Å². The quantitative estimate of drug-likeness (QED) is 0.604. The van der Waals surface area contributed by atoms with Crippen LogP contribution < -0.4 is 11.1 Å². The molecule has 0 spiro atoms. The summed E-state index contributed by atoms with van der Waals surface area (Å²) in [7, 11) is 0. The number of nitrogen functional groups attached to an aromatic ring is 1. The number of nitrogens with one attached hydrogen (secondary N) is 2. The third kappa shape index (κ3) is 1.85. The van der Waals surface area contributed by atoms with Gasteiger partial charge in [-0.3, -0.25) is 5.10 Å². The monoisotopic (exact) mass is 227 g/mol. The molecular formula is C10H9N7. The van der Waals surface area contributed by atoms with E-state index < -0.39 is 0 Å². The Hall–Kier alpha value is -2.70. The first-order valence-corrected chi connectivity index (χ1v) is 4.95. The lowest BCUT2D eigenvalue weighted by Crippen LogP contribution is -1.98. The molecule has 0 radical (unpaired) electrons. The lowest BCUT2D eigenvalue weighted by molar-refractivity contribution is 1.12. The van der Waals surface area contributed by atoms with E-state index in [1.807, 2.05) is 6.07 Å². The summed E-state index contributed by atoms with van der Waals surface area (Å²) < 4.78 is 0. The van der Waals surface area contributed by atoms with Gasteiger partial charge in [0.05, 0.1) is 11.7 Å². The van der Waals surface area contributed by atoms with Gasteiger partial charge in [0.2, 0.25) is 0 Å². The summed E-state index contributed by atoms with van der Waals surface area (Å²) in [6.45, 7) is 0. The number of aromatic nitrogens is 5. The molecule has 7 heteroatoms. The van der Waals surface area contributed by atoms with Crippen molar-refractivity contribution in [1.29, 1.82) is 0 Å². The first-order valence-electron chi connectivity index (χ1n) is 4.95. The Bertz CT molecular complexity index is 660. The minimum atomic E-state index is 0.408. The Balaban J connectivity index is 1.94. The molecule has 3 aromatic rings. The van der Waals surface area contributed by atoms with Crippen LogP contribution in [0.5, 0.6) is 0 Å². The number of hydrogen-bond donors (Lipinski definition) is 3. The molecule has 0 saturated carbocycles. The van der Waals surface area contributed by atoms with E-state index in [-0.39, 0.29) is 0 Å². The predicted octanol–water partition coefficient (Wildman–Crippen LogP) is 1.07. The maximum Gasteiger partial charge on any atom is 0.137 e. The average molecular weight is 227 g/mol. The van der Waals surface area contributed by atoms with Crippen LogP contribution in [0.15, 0.2) is 30.9 Å². The minimum absolute atomic E-state index is 0.408. The molecule has 3 rings (SSSR count). The highest BCUT2D eigenvalue weighted by Crippen LogP contribution is 2.17. The van der Waals surface area contributed by atoms with Gasteiger partial charge in [-0.25, -0.2) is 15.0 Å². The number of anilines is 3. The van der Waals surface area contributed by atoms with Gasteiger partial charge in [0.15, 0.2) is 0 Å². The molecule has 0 aliphatic rings. The van der Waals surface area contributed by atoms with E-state index in [1.54, 1.807) is 18.5 Å². The highest BCUT2D eigenvalue weighted by Gasteiger charge is 2.01. The molecule has 0 atom stereocenters. The normalized spacial score (nSPS) is 10.6. The molecule has 0 aromatic carbocycles. The third-order valence-corrected chi connectivity index (χ3v) is 2.27. The molecule has 3 heterocycles. The van der Waals surface area contributed by atoms with Crippen molar-refractivity contribution in [3.63, 3.8) is 0 Å². The van der Waals surface area contributed by atoms with E-state index in [2.05, 4.69) is 30.5 Å². The van der Waals surface area contributed by atoms with Gasteiger partial charge in [-0.15, -0.1) is 0 Å². The standard InChI is InChI=1S/C10H9N7/c11-8-2-10(14-5-13-8)16-9-1-7-6(3-12-9)4-15-17-7/h1-5H,(H,15,17)(H3,11,12,13,14,16). The highest BCUT2D eigenvalue weighted by atomic mass is 15.1. The molecule has 84 valence electrons. The molecule has 17 heavy (non-hydrogen) atoms. The Labute approximate surface area is 96.1 Å². The van der Waals surface area contributed by atoms with Crippen molar-refractivity contribution in [2.45, 2.75) is 0 Å². The predicted molar refractivity (Wildman–Crippen MR) is 63.6 cm³/mol. The maximum atomic E-state index is 5.56. The van der Waals surface area contributed by atoms with Crippen LogP contribution in [0.2, 0.25) is 0 Å². The zero-order valence-corrected chi connectivity index (χ0v) is 8.75. The minimum Gasteiger partial charge on any atom is -0.384 e. The number of rotatable bonds is 2. The van der Waals surface area contributed by atoms with Crippen molar-refractivity contribution in [3.8, 4) is 0 Å². The molecule has 0 amide bonds. The van der Waals surface area contributed by atoms with Crippen LogP contribution >= 0.6 is 0 Å². The molecule has 0 aliphatic carbocycles. The lowest BCUT2D eigenvalue weighted by Gasteiger charge is -2.04. The Morgan fingerprint density at radius 3 is 2.82 bits per heavy atom. The van der Waals surface area contributed by atoms with Crippen LogP contribution in [0.25, 0.3) is 10.9 Å². The number of aromatic amines is 1. The van der Waals surface area contributed by atoms with Gasteiger partial charge < -0.3 is 11.1 Å². The smallest absolute Gasteiger partial charge is 0.137 e. The number of pyridine rings is 1. The van der Waals surface area contributed by atoms with Gasteiger partial charge in [0.1, 0.15) is 23.8 Å². The van der Waals surface area contributed by atoms with E-state index in [0.29, 0.717) is 17.5 Å². The molecule has 0 saturated heterocycles. The van der Waals surface area contributed by atoms with Crippen molar-refractivity contribution < 1.29 is 0 Å². The second-order valence-corrected chi connectivity index (χ2v) is 3.48. The number of nitrogens with zero attached hydrogens (tertiary/aromatic N) is 4. The molecule has 4 N–H and O–H groups in total. The summed E-state index contributed by atoms with van der Waals surface area (Å²) in [6.07, 6.45) is 4.84. The second-order valence-electron chi connectivity index (χ2n) is 3.48.